The van der Waals surface area contributed by atoms with E-state index in [-0.39, 0.29) is 0 Å². The van der Waals surface area contributed by atoms with E-state index in [0.29, 0.717) is 5.56 Å². The highest BCUT2D eigenvalue weighted by molar-refractivity contribution is 5.77. The van der Waals surface area contributed by atoms with Gasteiger partial charge in [-0.15, -0.1) is 0 Å². The van der Waals surface area contributed by atoms with Gasteiger partial charge >= 0.3 is 0 Å². The molecule has 1 aromatic heterocycles. The number of benzene rings is 1. The van der Waals surface area contributed by atoms with Crippen LogP contribution in [0, 0.1) is 17.6 Å². The summed E-state index contributed by atoms with van der Waals surface area (Å²) in [6.07, 6.45) is 4.22. The molecular formula is C16H15F2N3. The fraction of sp³-hybridized carbons (Fsp3) is 0.312. The molecule has 108 valence electrons. The van der Waals surface area contributed by atoms with Crippen LogP contribution in [0.25, 0.3) is 11.1 Å². The summed E-state index contributed by atoms with van der Waals surface area (Å²) in [5.41, 5.74) is 2.27. The van der Waals surface area contributed by atoms with Crippen molar-refractivity contribution in [2.75, 3.05) is 23.4 Å². The fourth-order valence-corrected chi connectivity index (χ4v) is 2.74. The van der Waals surface area contributed by atoms with Crippen LogP contribution in [0.2, 0.25) is 0 Å². The first-order valence-electron chi connectivity index (χ1n) is 7.14. The maximum atomic E-state index is 13.4. The number of nitrogens with one attached hydrogen (secondary N) is 1. The molecule has 2 aromatic rings. The van der Waals surface area contributed by atoms with Gasteiger partial charge in [-0.3, -0.25) is 0 Å². The molecule has 1 aromatic carbocycles. The Morgan fingerprint density at radius 1 is 1.10 bits per heavy atom. The van der Waals surface area contributed by atoms with Crippen LogP contribution in [0.15, 0.2) is 30.5 Å². The van der Waals surface area contributed by atoms with Gasteiger partial charge in [-0.05, 0) is 42.5 Å². The summed E-state index contributed by atoms with van der Waals surface area (Å²) < 4.78 is 26.7. The van der Waals surface area contributed by atoms with Crippen molar-refractivity contribution < 1.29 is 8.78 Å². The quantitative estimate of drug-likeness (QED) is 0.934. The molecule has 0 amide bonds. The molecule has 0 radical (unpaired) electrons. The normalized spacial score (nSPS) is 16.8. The summed E-state index contributed by atoms with van der Waals surface area (Å²) in [5, 5.41) is 3.25. The van der Waals surface area contributed by atoms with E-state index in [4.69, 9.17) is 0 Å². The zero-order valence-corrected chi connectivity index (χ0v) is 11.4. The molecule has 0 bridgehead atoms. The average molecular weight is 287 g/mol. The minimum absolute atomic E-state index is 0.515. The molecule has 1 fully saturated rings. The molecule has 1 saturated carbocycles. The second kappa shape index (κ2) is 4.69. The fourth-order valence-electron chi connectivity index (χ4n) is 2.74. The van der Waals surface area contributed by atoms with Crippen molar-refractivity contribution in [2.45, 2.75) is 12.8 Å². The Labute approximate surface area is 121 Å². The van der Waals surface area contributed by atoms with Gasteiger partial charge in [-0.25, -0.2) is 13.8 Å². The maximum Gasteiger partial charge on any atom is 0.151 e. The third-order valence-electron chi connectivity index (χ3n) is 4.02. The molecule has 3 nitrogen and oxygen atoms in total. The lowest BCUT2D eigenvalue weighted by Crippen LogP contribution is -2.25. The lowest BCUT2D eigenvalue weighted by molar-refractivity contribution is 0.584. The average Bonchev–Trinajstić information content (AvgIpc) is 3.18. The molecule has 1 aliphatic carbocycles. The van der Waals surface area contributed by atoms with E-state index >= 15 is 0 Å². The second-order valence-electron chi connectivity index (χ2n) is 5.75. The van der Waals surface area contributed by atoms with E-state index in [1.165, 1.54) is 25.0 Å². The third-order valence-corrected chi connectivity index (χ3v) is 4.02. The smallest absolute Gasteiger partial charge is 0.151 e. The van der Waals surface area contributed by atoms with Crippen molar-refractivity contribution in [1.29, 1.82) is 0 Å². The number of fused-ring (bicyclic) bond motifs is 1. The summed E-state index contributed by atoms with van der Waals surface area (Å²) in [7, 11) is 0. The van der Waals surface area contributed by atoms with Gasteiger partial charge in [0, 0.05) is 24.4 Å². The summed E-state index contributed by atoms with van der Waals surface area (Å²) in [6, 6.07) is 5.50. The summed E-state index contributed by atoms with van der Waals surface area (Å²) in [6.45, 7) is 1.77. The van der Waals surface area contributed by atoms with Crippen molar-refractivity contribution in [1.82, 2.24) is 4.98 Å². The first-order valence-corrected chi connectivity index (χ1v) is 7.14. The molecular weight excluding hydrogens is 272 g/mol. The third kappa shape index (κ3) is 2.44. The Kier molecular flexibility index (Phi) is 2.80. The second-order valence-corrected chi connectivity index (χ2v) is 5.75. The topological polar surface area (TPSA) is 28.2 Å². The highest BCUT2D eigenvalue weighted by Gasteiger charge is 2.28. The van der Waals surface area contributed by atoms with Crippen molar-refractivity contribution in [3.05, 3.63) is 42.1 Å². The zero-order valence-electron chi connectivity index (χ0n) is 11.4. The monoisotopic (exact) mass is 287 g/mol. The van der Waals surface area contributed by atoms with Crippen molar-refractivity contribution in [2.24, 2.45) is 5.92 Å². The minimum atomic E-state index is -0.571. The molecule has 1 aliphatic heterocycles. The molecule has 2 aliphatic rings. The molecule has 0 spiro atoms. The predicted molar refractivity (Wildman–Crippen MR) is 78.1 cm³/mol. The van der Waals surface area contributed by atoms with Gasteiger partial charge in [0.1, 0.15) is 11.6 Å². The van der Waals surface area contributed by atoms with Crippen LogP contribution in [-0.2, 0) is 0 Å². The van der Waals surface area contributed by atoms with Crippen molar-refractivity contribution >= 4 is 11.5 Å². The molecule has 0 atom stereocenters. The number of nitrogens with zero attached hydrogens (tertiary/aromatic N) is 2. The number of rotatable bonds is 3. The number of halogens is 2. The Morgan fingerprint density at radius 3 is 2.57 bits per heavy atom. The van der Waals surface area contributed by atoms with Crippen LogP contribution in [0.4, 0.5) is 20.3 Å². The van der Waals surface area contributed by atoms with Crippen LogP contribution in [-0.4, -0.2) is 18.2 Å². The van der Waals surface area contributed by atoms with E-state index in [9.17, 15) is 8.78 Å². The SMILES string of the molecule is Fc1cc(F)cc(-c2cnc3c(c2)N(CC2CC2)CN3)c1. The van der Waals surface area contributed by atoms with Gasteiger partial charge in [0.05, 0.1) is 12.4 Å². The molecule has 5 heteroatoms. The summed E-state index contributed by atoms with van der Waals surface area (Å²) >= 11 is 0. The predicted octanol–water partition coefficient (Wildman–Crippen LogP) is 3.63. The van der Waals surface area contributed by atoms with E-state index in [0.717, 1.165) is 42.3 Å². The Bertz CT molecular complexity index is 678. The number of anilines is 2. The Balaban J connectivity index is 1.70. The van der Waals surface area contributed by atoms with E-state index in [2.05, 4.69) is 15.2 Å². The molecule has 4 rings (SSSR count). The van der Waals surface area contributed by atoms with Crippen molar-refractivity contribution in [3.63, 3.8) is 0 Å². The summed E-state index contributed by atoms with van der Waals surface area (Å²) in [4.78, 5) is 6.62. The zero-order chi connectivity index (χ0) is 14.4. The molecule has 2 heterocycles. The van der Waals surface area contributed by atoms with Gasteiger partial charge in [0.2, 0.25) is 0 Å². The van der Waals surface area contributed by atoms with E-state index < -0.39 is 11.6 Å². The molecule has 0 saturated heterocycles. The van der Waals surface area contributed by atoms with Gasteiger partial charge in [0.25, 0.3) is 0 Å². The van der Waals surface area contributed by atoms with Crippen LogP contribution >= 0.6 is 0 Å². The highest BCUT2D eigenvalue weighted by atomic mass is 19.1. The van der Waals surface area contributed by atoms with Crippen molar-refractivity contribution in [3.8, 4) is 11.1 Å². The van der Waals surface area contributed by atoms with E-state index in [1.807, 2.05) is 6.07 Å². The minimum Gasteiger partial charge on any atom is -0.351 e. The van der Waals surface area contributed by atoms with Crippen LogP contribution in [0.5, 0.6) is 0 Å². The molecule has 1 N–H and O–H groups in total. The molecule has 0 unspecified atom stereocenters. The largest absolute Gasteiger partial charge is 0.351 e. The lowest BCUT2D eigenvalue weighted by atomic mass is 10.1. The van der Waals surface area contributed by atoms with E-state index in [1.54, 1.807) is 6.20 Å². The number of hydrogen-bond donors (Lipinski definition) is 1. The Hall–Kier alpha value is -2.17. The first kappa shape index (κ1) is 12.6. The number of pyridine rings is 1. The number of hydrogen-bond acceptors (Lipinski definition) is 3. The van der Waals surface area contributed by atoms with Gasteiger partial charge in [-0.1, -0.05) is 0 Å². The van der Waals surface area contributed by atoms with Crippen LogP contribution in [0.3, 0.4) is 0 Å². The standard InChI is InChI=1S/C16H15F2N3/c17-13-3-11(4-14(18)6-13)12-5-15-16(19-7-12)20-9-21(15)8-10-1-2-10/h3-7,10H,1-2,8-9H2,(H,19,20). The number of aromatic nitrogens is 1. The maximum absolute atomic E-state index is 13.4. The lowest BCUT2D eigenvalue weighted by Gasteiger charge is -2.17. The van der Waals surface area contributed by atoms with Gasteiger partial charge in [-0.2, -0.15) is 0 Å². The summed E-state index contributed by atoms with van der Waals surface area (Å²) in [5.74, 6) is 0.473. The van der Waals surface area contributed by atoms with Gasteiger partial charge in [0.15, 0.2) is 5.82 Å². The Morgan fingerprint density at radius 2 is 1.86 bits per heavy atom. The van der Waals surface area contributed by atoms with Gasteiger partial charge < -0.3 is 10.2 Å². The highest BCUT2D eigenvalue weighted by Crippen LogP contribution is 2.37. The van der Waals surface area contributed by atoms with Crippen LogP contribution < -0.4 is 10.2 Å². The first-order chi connectivity index (χ1) is 10.2. The van der Waals surface area contributed by atoms with Crippen LogP contribution in [0.1, 0.15) is 12.8 Å². The molecule has 21 heavy (non-hydrogen) atoms.